The molecule has 0 heterocycles. The summed E-state index contributed by atoms with van der Waals surface area (Å²) in [4.78, 5) is 0. The van der Waals surface area contributed by atoms with E-state index in [1.165, 1.54) is 55.4 Å². The topological polar surface area (TPSA) is 20.2 Å². The molecule has 0 unspecified atom stereocenters. The Morgan fingerprint density at radius 2 is 1.25 bits per heavy atom. The van der Waals surface area contributed by atoms with Gasteiger partial charge < -0.3 is 0 Å². The fourth-order valence-corrected chi connectivity index (χ4v) is 19.5. The second kappa shape index (κ2) is 10.3. The van der Waals surface area contributed by atoms with E-state index >= 15 is 0 Å². The fourth-order valence-electron chi connectivity index (χ4n) is 3.16. The molecule has 0 saturated heterocycles. The van der Waals surface area contributed by atoms with Crippen LogP contribution in [0.15, 0.2) is 10.2 Å². The van der Waals surface area contributed by atoms with E-state index in [1.54, 1.807) is 0 Å². The normalized spacial score (nSPS) is 12.7. The molecule has 2 heteroatoms. The van der Waals surface area contributed by atoms with Crippen LogP contribution < -0.4 is 0 Å². The van der Waals surface area contributed by atoms with Crippen molar-refractivity contribution in [1.29, 1.82) is 0 Å². The molecular formula is C18H38OSn. The Morgan fingerprint density at radius 1 is 0.900 bits per heavy atom. The molecule has 1 nitrogen and oxygen atoms in total. The first-order valence-electron chi connectivity index (χ1n) is 8.72. The number of rotatable bonds is 12. The molecule has 20 heavy (non-hydrogen) atoms. The summed E-state index contributed by atoms with van der Waals surface area (Å²) in [6.45, 7) is 15.3. The van der Waals surface area contributed by atoms with Gasteiger partial charge in [-0.3, -0.25) is 0 Å². The summed E-state index contributed by atoms with van der Waals surface area (Å²) in [6.07, 6.45) is 8.84. The maximum absolute atomic E-state index is 10.2. The van der Waals surface area contributed by atoms with Crippen LogP contribution in [0.5, 0.6) is 0 Å². The molecule has 0 rings (SSSR count). The van der Waals surface area contributed by atoms with E-state index in [0.717, 1.165) is 6.42 Å². The SMILES string of the molecule is C=[C](CC(C)(C)O)[Sn]([CH2]CCC)([CH2]CCC)[CH2]CCC. The number of hydrogen-bond acceptors (Lipinski definition) is 1. The third-order valence-electron chi connectivity index (χ3n) is 4.42. The van der Waals surface area contributed by atoms with E-state index in [1.807, 2.05) is 13.8 Å². The Bertz CT molecular complexity index is 243. The Morgan fingerprint density at radius 3 is 1.50 bits per heavy atom. The Hall–Kier alpha value is 0.499. The zero-order valence-corrected chi connectivity index (χ0v) is 17.6. The van der Waals surface area contributed by atoms with Crippen molar-refractivity contribution in [3.8, 4) is 0 Å². The van der Waals surface area contributed by atoms with Gasteiger partial charge in [-0.05, 0) is 0 Å². The van der Waals surface area contributed by atoms with Gasteiger partial charge in [-0.1, -0.05) is 0 Å². The van der Waals surface area contributed by atoms with Gasteiger partial charge in [-0.25, -0.2) is 0 Å². The molecule has 0 aromatic rings. The quantitative estimate of drug-likeness (QED) is 0.401. The first kappa shape index (κ1) is 20.5. The van der Waals surface area contributed by atoms with Gasteiger partial charge in [-0.2, -0.15) is 0 Å². The van der Waals surface area contributed by atoms with Crippen molar-refractivity contribution in [3.63, 3.8) is 0 Å². The first-order chi connectivity index (χ1) is 9.31. The molecule has 0 aromatic carbocycles. The average molecular weight is 389 g/mol. The first-order valence-corrected chi connectivity index (χ1v) is 16.2. The molecule has 0 aromatic heterocycles. The summed E-state index contributed by atoms with van der Waals surface area (Å²) in [7, 11) is 0. The standard InChI is InChI=1S/C6H11O.3C4H9.Sn/c1-4-5-6(2,3)7;3*1-3-4-2;/h7H,1,5H2,2-3H3;3*1,3-4H2,2H3;. The van der Waals surface area contributed by atoms with E-state index in [0.29, 0.717) is 0 Å². The molecule has 0 saturated carbocycles. The van der Waals surface area contributed by atoms with Crippen molar-refractivity contribution in [2.45, 2.75) is 98.5 Å². The number of hydrogen-bond donors (Lipinski definition) is 1. The molecule has 0 amide bonds. The summed E-state index contributed by atoms with van der Waals surface area (Å²) < 4.78 is 5.88. The van der Waals surface area contributed by atoms with Crippen LogP contribution in [0.1, 0.15) is 79.6 Å². The minimum absolute atomic E-state index is 0.579. The summed E-state index contributed by atoms with van der Waals surface area (Å²) in [5.41, 5.74) is -0.579. The van der Waals surface area contributed by atoms with Gasteiger partial charge in [0.25, 0.3) is 0 Å². The van der Waals surface area contributed by atoms with E-state index in [4.69, 9.17) is 0 Å². The van der Waals surface area contributed by atoms with Crippen LogP contribution in [-0.2, 0) is 0 Å². The number of aliphatic hydroxyl groups is 1. The Balaban J connectivity index is 5.05. The monoisotopic (exact) mass is 390 g/mol. The van der Waals surface area contributed by atoms with Gasteiger partial charge in [0, 0.05) is 0 Å². The summed E-state index contributed by atoms with van der Waals surface area (Å²) in [5, 5.41) is 10.2. The third-order valence-corrected chi connectivity index (χ3v) is 20.4. The van der Waals surface area contributed by atoms with Crippen LogP contribution in [0, 0.1) is 0 Å². The molecule has 0 radical (unpaired) electrons. The van der Waals surface area contributed by atoms with Gasteiger partial charge in [0.15, 0.2) is 0 Å². The van der Waals surface area contributed by atoms with Gasteiger partial charge in [-0.15, -0.1) is 0 Å². The molecule has 120 valence electrons. The van der Waals surface area contributed by atoms with Crippen molar-refractivity contribution >= 4 is 18.4 Å². The maximum atomic E-state index is 10.2. The molecule has 0 aliphatic heterocycles. The molecule has 0 bridgehead atoms. The van der Waals surface area contributed by atoms with Crippen LogP contribution in [0.4, 0.5) is 0 Å². The van der Waals surface area contributed by atoms with Crippen LogP contribution in [0.3, 0.4) is 0 Å². The van der Waals surface area contributed by atoms with Gasteiger partial charge >= 0.3 is 132 Å². The predicted molar refractivity (Wildman–Crippen MR) is 95.0 cm³/mol. The molecule has 0 fully saturated rings. The van der Waals surface area contributed by atoms with E-state index in [-0.39, 0.29) is 0 Å². The molecular weight excluding hydrogens is 351 g/mol. The minimum atomic E-state index is -2.29. The van der Waals surface area contributed by atoms with Crippen molar-refractivity contribution < 1.29 is 5.11 Å². The fraction of sp³-hybridized carbons (Fsp3) is 0.889. The molecule has 1 N–H and O–H groups in total. The van der Waals surface area contributed by atoms with Crippen LogP contribution in [0.25, 0.3) is 0 Å². The van der Waals surface area contributed by atoms with Gasteiger partial charge in [0.1, 0.15) is 0 Å². The van der Waals surface area contributed by atoms with Gasteiger partial charge in [0.2, 0.25) is 0 Å². The zero-order valence-electron chi connectivity index (χ0n) is 14.7. The zero-order chi connectivity index (χ0) is 15.6. The summed E-state index contributed by atoms with van der Waals surface area (Å²) in [6, 6.07) is 0. The van der Waals surface area contributed by atoms with Crippen molar-refractivity contribution in [2.24, 2.45) is 0 Å². The average Bonchev–Trinajstić information content (AvgIpc) is 2.36. The summed E-state index contributed by atoms with van der Waals surface area (Å²) in [5.74, 6) is 0. The van der Waals surface area contributed by atoms with E-state index < -0.39 is 24.0 Å². The van der Waals surface area contributed by atoms with Crippen LogP contribution in [0.2, 0.25) is 13.3 Å². The van der Waals surface area contributed by atoms with Gasteiger partial charge in [0.05, 0.1) is 0 Å². The van der Waals surface area contributed by atoms with E-state index in [2.05, 4.69) is 27.4 Å². The van der Waals surface area contributed by atoms with E-state index in [9.17, 15) is 5.11 Å². The number of unbranched alkanes of at least 4 members (excludes halogenated alkanes) is 3. The predicted octanol–water partition coefficient (Wildman–Crippen LogP) is 6.09. The summed E-state index contributed by atoms with van der Waals surface area (Å²) >= 11 is -2.29. The van der Waals surface area contributed by atoms with Crippen LogP contribution in [-0.4, -0.2) is 29.1 Å². The Kier molecular flexibility index (Phi) is 10.5. The molecule has 0 aliphatic rings. The third kappa shape index (κ3) is 8.07. The second-order valence-electron chi connectivity index (χ2n) is 7.18. The second-order valence-corrected chi connectivity index (χ2v) is 20.8. The van der Waals surface area contributed by atoms with Crippen molar-refractivity contribution in [2.75, 3.05) is 0 Å². The molecule has 0 spiro atoms. The molecule has 0 aliphatic carbocycles. The Labute approximate surface area is 132 Å². The van der Waals surface area contributed by atoms with Crippen molar-refractivity contribution in [3.05, 3.63) is 10.2 Å². The van der Waals surface area contributed by atoms with Crippen molar-refractivity contribution in [1.82, 2.24) is 0 Å². The molecule has 0 atom stereocenters. The van der Waals surface area contributed by atoms with Crippen LogP contribution >= 0.6 is 0 Å².